The Morgan fingerprint density at radius 3 is 2.65 bits per heavy atom. The van der Waals surface area contributed by atoms with Crippen molar-refractivity contribution in [1.82, 2.24) is 24.7 Å². The van der Waals surface area contributed by atoms with E-state index in [4.69, 9.17) is 4.74 Å². The van der Waals surface area contributed by atoms with Crippen molar-refractivity contribution < 1.29 is 26.7 Å². The summed E-state index contributed by atoms with van der Waals surface area (Å²) in [5.74, 6) is 0.242. The van der Waals surface area contributed by atoms with E-state index in [0.717, 1.165) is 30.0 Å². The Kier molecular flexibility index (Phi) is 5.76. The molecule has 0 aromatic carbocycles. The third kappa shape index (κ3) is 4.49. The standard InChI is InChI=1S/C22H23F5N6O/c23-17(24)13-33-19-16(11-30-33)29-12-18(31-19)32-8-5-21(6-9-32)4-3-14(10-21)34-20-15(22(25,26)27)2-1-7-28-20/h1-2,7,11-12,14,17H,3-6,8-10,13H2. The highest BCUT2D eigenvalue weighted by Crippen LogP contribution is 2.48. The Hall–Kier alpha value is -3.05. The van der Waals surface area contributed by atoms with Gasteiger partial charge < -0.3 is 9.64 Å². The molecule has 1 atom stereocenters. The topological polar surface area (TPSA) is 69.0 Å². The molecule has 1 aliphatic heterocycles. The molecule has 2 fully saturated rings. The van der Waals surface area contributed by atoms with Crippen LogP contribution in [0.2, 0.25) is 0 Å². The van der Waals surface area contributed by atoms with E-state index in [1.54, 1.807) is 6.20 Å². The first-order chi connectivity index (χ1) is 16.2. The maximum absolute atomic E-state index is 13.3. The van der Waals surface area contributed by atoms with Crippen molar-refractivity contribution in [2.24, 2.45) is 5.41 Å². The van der Waals surface area contributed by atoms with E-state index in [0.29, 0.717) is 42.9 Å². The lowest BCUT2D eigenvalue weighted by Gasteiger charge is -2.39. The number of ether oxygens (including phenoxy) is 1. The summed E-state index contributed by atoms with van der Waals surface area (Å²) in [5.41, 5.74) is -0.0842. The van der Waals surface area contributed by atoms with E-state index >= 15 is 0 Å². The van der Waals surface area contributed by atoms with Gasteiger partial charge in [0.15, 0.2) is 5.65 Å². The summed E-state index contributed by atoms with van der Waals surface area (Å²) in [4.78, 5) is 14.7. The molecular formula is C22H23F5N6O. The van der Waals surface area contributed by atoms with Gasteiger partial charge in [0.1, 0.15) is 29.5 Å². The van der Waals surface area contributed by atoms with Crippen LogP contribution in [-0.4, -0.2) is 50.4 Å². The number of halogens is 5. The lowest BCUT2D eigenvalue weighted by molar-refractivity contribution is -0.139. The van der Waals surface area contributed by atoms with E-state index in [9.17, 15) is 22.0 Å². The third-order valence-corrected chi connectivity index (χ3v) is 6.80. The van der Waals surface area contributed by atoms with Crippen LogP contribution in [0, 0.1) is 5.41 Å². The number of nitrogens with zero attached hydrogens (tertiary/aromatic N) is 6. The van der Waals surface area contributed by atoms with Crippen LogP contribution in [0.25, 0.3) is 11.2 Å². The van der Waals surface area contributed by atoms with E-state index < -0.39 is 24.7 Å². The fourth-order valence-electron chi connectivity index (χ4n) is 5.03. The number of piperidine rings is 1. The quantitative estimate of drug-likeness (QED) is 0.490. The monoisotopic (exact) mass is 482 g/mol. The smallest absolute Gasteiger partial charge is 0.421 e. The highest BCUT2D eigenvalue weighted by Gasteiger charge is 2.44. The molecule has 1 saturated carbocycles. The minimum absolute atomic E-state index is 0.0106. The Morgan fingerprint density at radius 1 is 1.12 bits per heavy atom. The zero-order chi connectivity index (χ0) is 23.9. The summed E-state index contributed by atoms with van der Waals surface area (Å²) in [6.45, 7) is 0.832. The summed E-state index contributed by atoms with van der Waals surface area (Å²) in [6, 6.07) is 2.24. The summed E-state index contributed by atoms with van der Waals surface area (Å²) in [5, 5.41) is 3.95. The number of anilines is 1. The largest absolute Gasteiger partial charge is 0.474 e. The fraction of sp³-hybridized carbons (Fsp3) is 0.545. The van der Waals surface area contributed by atoms with Gasteiger partial charge in [-0.25, -0.2) is 28.4 Å². The molecule has 12 heteroatoms. The van der Waals surface area contributed by atoms with Crippen LogP contribution >= 0.6 is 0 Å². The van der Waals surface area contributed by atoms with Crippen LogP contribution < -0.4 is 9.64 Å². The molecule has 1 aliphatic carbocycles. The third-order valence-electron chi connectivity index (χ3n) is 6.80. The number of rotatable bonds is 5. The lowest BCUT2D eigenvalue weighted by atomic mass is 9.77. The van der Waals surface area contributed by atoms with Crippen molar-refractivity contribution in [3.63, 3.8) is 0 Å². The highest BCUT2D eigenvalue weighted by atomic mass is 19.4. The van der Waals surface area contributed by atoms with Gasteiger partial charge in [0.05, 0.1) is 12.4 Å². The average molecular weight is 482 g/mol. The molecule has 0 bridgehead atoms. The fourth-order valence-corrected chi connectivity index (χ4v) is 5.03. The van der Waals surface area contributed by atoms with Gasteiger partial charge in [0.25, 0.3) is 6.43 Å². The first-order valence-corrected chi connectivity index (χ1v) is 11.1. The van der Waals surface area contributed by atoms with Crippen LogP contribution in [0.3, 0.4) is 0 Å². The average Bonchev–Trinajstić information content (AvgIpc) is 3.37. The Bertz CT molecular complexity index is 1160. The van der Waals surface area contributed by atoms with E-state index in [-0.39, 0.29) is 17.4 Å². The van der Waals surface area contributed by atoms with Gasteiger partial charge in [-0.1, -0.05) is 0 Å². The van der Waals surface area contributed by atoms with Gasteiger partial charge in [-0.05, 0) is 49.7 Å². The minimum Gasteiger partial charge on any atom is -0.474 e. The molecule has 0 amide bonds. The van der Waals surface area contributed by atoms with Crippen molar-refractivity contribution in [2.45, 2.75) is 57.4 Å². The lowest BCUT2D eigenvalue weighted by Crippen LogP contribution is -2.40. The zero-order valence-electron chi connectivity index (χ0n) is 18.2. The highest BCUT2D eigenvalue weighted by molar-refractivity contribution is 5.71. The van der Waals surface area contributed by atoms with Crippen LogP contribution in [0.5, 0.6) is 5.88 Å². The molecule has 1 spiro atoms. The zero-order valence-corrected chi connectivity index (χ0v) is 18.2. The SMILES string of the molecule is FC(F)Cn1ncc2ncc(N3CCC4(CCC(Oc5ncccc5C(F)(F)F)C4)CC3)nc21. The molecule has 1 unspecified atom stereocenters. The summed E-state index contributed by atoms with van der Waals surface area (Å²) in [7, 11) is 0. The number of fused-ring (bicyclic) bond motifs is 1. The summed E-state index contributed by atoms with van der Waals surface area (Å²) >= 11 is 0. The van der Waals surface area contributed by atoms with Crippen molar-refractivity contribution in [3.05, 3.63) is 36.3 Å². The predicted molar refractivity (Wildman–Crippen MR) is 113 cm³/mol. The number of hydrogen-bond acceptors (Lipinski definition) is 6. The molecule has 182 valence electrons. The normalized spacial score (nSPS) is 20.5. The van der Waals surface area contributed by atoms with Crippen LogP contribution in [-0.2, 0) is 12.7 Å². The molecule has 4 heterocycles. The van der Waals surface area contributed by atoms with Gasteiger partial charge >= 0.3 is 6.18 Å². The summed E-state index contributed by atoms with van der Waals surface area (Å²) < 4.78 is 72.3. The van der Waals surface area contributed by atoms with E-state index in [1.165, 1.54) is 18.5 Å². The molecule has 1 saturated heterocycles. The molecule has 34 heavy (non-hydrogen) atoms. The van der Waals surface area contributed by atoms with Gasteiger partial charge in [-0.3, -0.25) is 0 Å². The van der Waals surface area contributed by atoms with Gasteiger partial charge in [-0.2, -0.15) is 18.3 Å². The van der Waals surface area contributed by atoms with Crippen LogP contribution in [0.1, 0.15) is 37.7 Å². The molecule has 3 aromatic heterocycles. The molecule has 0 radical (unpaired) electrons. The van der Waals surface area contributed by atoms with Gasteiger partial charge in [0.2, 0.25) is 5.88 Å². The predicted octanol–water partition coefficient (Wildman–Crippen LogP) is 4.72. The first-order valence-electron chi connectivity index (χ1n) is 11.1. The second kappa shape index (κ2) is 8.62. The second-order valence-electron chi connectivity index (χ2n) is 8.98. The maximum Gasteiger partial charge on any atom is 0.421 e. The van der Waals surface area contributed by atoms with Gasteiger partial charge in [-0.15, -0.1) is 0 Å². The van der Waals surface area contributed by atoms with Crippen molar-refractivity contribution in [2.75, 3.05) is 18.0 Å². The number of aromatic nitrogens is 5. The number of hydrogen-bond donors (Lipinski definition) is 0. The minimum atomic E-state index is -4.52. The Balaban J connectivity index is 1.24. The van der Waals surface area contributed by atoms with Crippen molar-refractivity contribution in [1.29, 1.82) is 0 Å². The molecule has 3 aromatic rings. The molecular weight excluding hydrogens is 459 g/mol. The number of alkyl halides is 5. The van der Waals surface area contributed by atoms with Crippen molar-refractivity contribution >= 4 is 17.0 Å². The second-order valence-corrected chi connectivity index (χ2v) is 8.98. The van der Waals surface area contributed by atoms with Crippen LogP contribution in [0.15, 0.2) is 30.7 Å². The van der Waals surface area contributed by atoms with Crippen LogP contribution in [0.4, 0.5) is 27.8 Å². The summed E-state index contributed by atoms with van der Waals surface area (Å²) in [6.07, 6.45) is 0.838. The molecule has 7 nitrogen and oxygen atoms in total. The molecule has 2 aliphatic rings. The molecule has 0 N–H and O–H groups in total. The molecule has 5 rings (SSSR count). The first kappa shape index (κ1) is 22.7. The van der Waals surface area contributed by atoms with Gasteiger partial charge in [0, 0.05) is 19.3 Å². The Morgan fingerprint density at radius 2 is 1.91 bits per heavy atom. The number of pyridine rings is 1. The van der Waals surface area contributed by atoms with E-state index in [2.05, 4.69) is 25.0 Å². The Labute approximate surface area is 192 Å². The van der Waals surface area contributed by atoms with E-state index in [1.807, 2.05) is 0 Å². The maximum atomic E-state index is 13.3. The van der Waals surface area contributed by atoms with Crippen molar-refractivity contribution in [3.8, 4) is 5.88 Å².